The molecule has 0 aromatic heterocycles. The molecular weight excluding hydrogens is 240 g/mol. The molecule has 0 saturated carbocycles. The first-order chi connectivity index (χ1) is 9.92. The highest BCUT2D eigenvalue weighted by Crippen LogP contribution is 2.24. The van der Waals surface area contributed by atoms with Gasteiger partial charge >= 0.3 is 0 Å². The molecule has 1 aliphatic carbocycles. The van der Waals surface area contributed by atoms with E-state index in [9.17, 15) is 0 Å². The maximum absolute atomic E-state index is 2.38. The van der Waals surface area contributed by atoms with Crippen LogP contribution in [0.25, 0.3) is 11.1 Å². The second-order valence-corrected chi connectivity index (χ2v) is 6.02. The minimum Gasteiger partial charge on any atom is -0.0614 e. The smallest absolute Gasteiger partial charge is 0.0181 e. The summed E-state index contributed by atoms with van der Waals surface area (Å²) in [6.45, 7) is 0. The van der Waals surface area contributed by atoms with Crippen LogP contribution in [-0.4, -0.2) is 0 Å². The molecule has 0 radical (unpaired) electrons. The molecule has 0 unspecified atom stereocenters. The quantitative estimate of drug-likeness (QED) is 0.564. The summed E-state index contributed by atoms with van der Waals surface area (Å²) in [5.74, 6) is 0. The van der Waals surface area contributed by atoms with E-state index in [-0.39, 0.29) is 0 Å². The van der Waals surface area contributed by atoms with E-state index in [4.69, 9.17) is 0 Å². The van der Waals surface area contributed by atoms with Gasteiger partial charge in [0.25, 0.3) is 0 Å². The SMILES string of the molecule is c1cc2cc(c1)-c1cccc(c1)CCCCCCCC2. The summed E-state index contributed by atoms with van der Waals surface area (Å²) in [5.41, 5.74) is 5.73. The Bertz CT molecular complexity index is 502. The largest absolute Gasteiger partial charge is 0.0614 e. The van der Waals surface area contributed by atoms with Crippen LogP contribution >= 0.6 is 0 Å². The summed E-state index contributed by atoms with van der Waals surface area (Å²) in [5, 5.41) is 0. The topological polar surface area (TPSA) is 0 Å². The molecule has 0 spiro atoms. The van der Waals surface area contributed by atoms with E-state index in [0.717, 1.165) is 0 Å². The number of fused-ring (bicyclic) bond motifs is 5. The van der Waals surface area contributed by atoms with Crippen molar-refractivity contribution < 1.29 is 0 Å². The molecule has 3 rings (SSSR count). The van der Waals surface area contributed by atoms with Gasteiger partial charge in [-0.1, -0.05) is 74.2 Å². The average Bonchev–Trinajstić information content (AvgIpc) is 2.50. The summed E-state index contributed by atoms with van der Waals surface area (Å²) in [4.78, 5) is 0. The summed E-state index contributed by atoms with van der Waals surface area (Å²) < 4.78 is 0. The Morgan fingerprint density at radius 1 is 0.500 bits per heavy atom. The van der Waals surface area contributed by atoms with Crippen molar-refractivity contribution in [2.75, 3.05) is 0 Å². The molecule has 4 bridgehead atoms. The molecule has 20 heavy (non-hydrogen) atoms. The van der Waals surface area contributed by atoms with E-state index in [1.54, 1.807) is 0 Å². The fourth-order valence-electron chi connectivity index (χ4n) is 3.18. The van der Waals surface area contributed by atoms with Crippen LogP contribution in [0.15, 0.2) is 48.5 Å². The van der Waals surface area contributed by atoms with E-state index in [1.165, 1.54) is 73.6 Å². The predicted molar refractivity (Wildman–Crippen MR) is 87.0 cm³/mol. The number of benzene rings is 2. The predicted octanol–water partition coefficient (Wildman–Crippen LogP) is 5.79. The van der Waals surface area contributed by atoms with Gasteiger partial charge in [-0.15, -0.1) is 0 Å². The lowest BCUT2D eigenvalue weighted by Crippen LogP contribution is -1.91. The zero-order chi connectivity index (χ0) is 13.6. The third kappa shape index (κ3) is 3.50. The highest BCUT2D eigenvalue weighted by molar-refractivity contribution is 5.65. The molecule has 0 N–H and O–H groups in total. The van der Waals surface area contributed by atoms with Crippen molar-refractivity contribution in [2.45, 2.75) is 51.4 Å². The van der Waals surface area contributed by atoms with Crippen LogP contribution < -0.4 is 0 Å². The number of hydrogen-bond acceptors (Lipinski definition) is 0. The molecular formula is C20H24. The maximum atomic E-state index is 2.38. The normalized spacial score (nSPS) is 16.4. The second-order valence-electron chi connectivity index (χ2n) is 6.02. The van der Waals surface area contributed by atoms with Crippen LogP contribution in [-0.2, 0) is 12.8 Å². The van der Waals surface area contributed by atoms with Crippen LogP contribution in [0.5, 0.6) is 0 Å². The van der Waals surface area contributed by atoms with E-state index in [0.29, 0.717) is 0 Å². The summed E-state index contributed by atoms with van der Waals surface area (Å²) in [7, 11) is 0. The van der Waals surface area contributed by atoms with Gasteiger partial charge < -0.3 is 0 Å². The molecule has 1 aliphatic rings. The molecule has 104 valence electrons. The minimum absolute atomic E-state index is 1.23. The van der Waals surface area contributed by atoms with Gasteiger partial charge in [0, 0.05) is 0 Å². The molecule has 0 heteroatoms. The molecule has 2 aromatic carbocycles. The van der Waals surface area contributed by atoms with Crippen molar-refractivity contribution in [3.63, 3.8) is 0 Å². The molecule has 0 amide bonds. The van der Waals surface area contributed by atoms with Crippen molar-refractivity contribution in [2.24, 2.45) is 0 Å². The van der Waals surface area contributed by atoms with E-state index >= 15 is 0 Å². The van der Waals surface area contributed by atoms with Crippen LogP contribution in [0.2, 0.25) is 0 Å². The van der Waals surface area contributed by atoms with Crippen LogP contribution in [0.1, 0.15) is 49.7 Å². The third-order valence-electron chi connectivity index (χ3n) is 4.37. The first kappa shape index (κ1) is 13.4. The van der Waals surface area contributed by atoms with Crippen molar-refractivity contribution >= 4 is 0 Å². The molecule has 0 heterocycles. The highest BCUT2D eigenvalue weighted by Gasteiger charge is 2.03. The Hall–Kier alpha value is -1.56. The first-order valence-corrected chi connectivity index (χ1v) is 8.10. The summed E-state index contributed by atoms with van der Waals surface area (Å²) in [6, 6.07) is 18.2. The zero-order valence-electron chi connectivity index (χ0n) is 12.3. The zero-order valence-corrected chi connectivity index (χ0v) is 12.3. The van der Waals surface area contributed by atoms with Crippen molar-refractivity contribution in [1.82, 2.24) is 0 Å². The van der Waals surface area contributed by atoms with E-state index in [1.807, 2.05) is 0 Å². The lowest BCUT2D eigenvalue weighted by atomic mass is 9.96. The number of hydrogen-bond donors (Lipinski definition) is 0. The van der Waals surface area contributed by atoms with Gasteiger partial charge in [0.15, 0.2) is 0 Å². The molecule has 0 nitrogen and oxygen atoms in total. The van der Waals surface area contributed by atoms with Gasteiger partial charge in [0.05, 0.1) is 0 Å². The maximum Gasteiger partial charge on any atom is -0.0181 e. The minimum atomic E-state index is 1.23. The third-order valence-corrected chi connectivity index (χ3v) is 4.37. The van der Waals surface area contributed by atoms with Crippen molar-refractivity contribution in [3.05, 3.63) is 59.7 Å². The fourth-order valence-corrected chi connectivity index (χ4v) is 3.18. The Morgan fingerprint density at radius 3 is 1.45 bits per heavy atom. The molecule has 0 aliphatic heterocycles. The van der Waals surface area contributed by atoms with Crippen molar-refractivity contribution in [1.29, 1.82) is 0 Å². The Labute approximate surface area is 122 Å². The summed E-state index contributed by atoms with van der Waals surface area (Å²) >= 11 is 0. The highest BCUT2D eigenvalue weighted by atomic mass is 14.1. The van der Waals surface area contributed by atoms with Crippen LogP contribution in [0, 0.1) is 0 Å². The van der Waals surface area contributed by atoms with Crippen LogP contribution in [0.4, 0.5) is 0 Å². The van der Waals surface area contributed by atoms with E-state index < -0.39 is 0 Å². The van der Waals surface area contributed by atoms with Crippen LogP contribution in [0.3, 0.4) is 0 Å². The van der Waals surface area contributed by atoms with Gasteiger partial charge in [0.2, 0.25) is 0 Å². The summed E-state index contributed by atoms with van der Waals surface area (Å²) in [6.07, 6.45) is 10.7. The Balaban J connectivity index is 1.91. The van der Waals surface area contributed by atoms with Crippen molar-refractivity contribution in [3.8, 4) is 11.1 Å². The van der Waals surface area contributed by atoms with Gasteiger partial charge in [-0.2, -0.15) is 0 Å². The Morgan fingerprint density at radius 2 is 0.950 bits per heavy atom. The molecule has 0 saturated heterocycles. The number of rotatable bonds is 0. The fraction of sp³-hybridized carbons (Fsp3) is 0.400. The first-order valence-electron chi connectivity index (χ1n) is 8.10. The standard InChI is InChI=1S/C20H24/c1-2-4-6-10-18-12-8-14-20(16-18)19-13-7-11-17(15-19)9-5-3-1/h7-8,11-16H,1-6,9-10H2. The average molecular weight is 264 g/mol. The van der Waals surface area contributed by atoms with Gasteiger partial charge in [0.1, 0.15) is 0 Å². The second kappa shape index (κ2) is 6.74. The molecule has 2 aromatic rings. The lowest BCUT2D eigenvalue weighted by molar-refractivity contribution is 0.594. The van der Waals surface area contributed by atoms with E-state index in [2.05, 4.69) is 48.5 Å². The van der Waals surface area contributed by atoms with Gasteiger partial charge in [-0.3, -0.25) is 0 Å². The molecule has 0 fully saturated rings. The lowest BCUT2D eigenvalue weighted by Gasteiger charge is -2.09. The monoisotopic (exact) mass is 264 g/mol. The number of aryl methyl sites for hydroxylation is 2. The van der Waals surface area contributed by atoms with Gasteiger partial charge in [-0.05, 0) is 47.9 Å². The molecule has 0 atom stereocenters. The Kier molecular flexibility index (Phi) is 4.53. The van der Waals surface area contributed by atoms with Gasteiger partial charge in [-0.25, -0.2) is 0 Å².